The fourth-order valence-electron chi connectivity index (χ4n) is 1.71. The highest BCUT2D eigenvalue weighted by atomic mass is 16.5. The van der Waals surface area contributed by atoms with Crippen molar-refractivity contribution in [3.63, 3.8) is 0 Å². The molecule has 0 saturated heterocycles. The lowest BCUT2D eigenvalue weighted by molar-refractivity contribution is -0.118. The molecule has 4 heteroatoms. The van der Waals surface area contributed by atoms with Gasteiger partial charge < -0.3 is 15.5 Å². The van der Waals surface area contributed by atoms with Crippen molar-refractivity contribution in [2.24, 2.45) is 5.73 Å². The number of ether oxygens (including phenoxy) is 1. The van der Waals surface area contributed by atoms with Gasteiger partial charge >= 0.3 is 0 Å². The molecule has 0 fully saturated rings. The maximum absolute atomic E-state index is 10.5. The van der Waals surface area contributed by atoms with Crippen LogP contribution in [0, 0.1) is 0 Å². The molecule has 2 aromatic rings. The standard InChI is InChI=1S/C13H16N2O2/c14-13(16)3-1-2-8-17-11-4-5-12-10(9-11)6-7-15-12/h4-7,9,15H,1-3,8H2,(H2,14,16). The Bertz CT molecular complexity index is 505. The number of unbranched alkanes of at least 4 members (excludes halogenated alkanes) is 1. The van der Waals surface area contributed by atoms with Gasteiger partial charge in [0.25, 0.3) is 0 Å². The zero-order chi connectivity index (χ0) is 12.1. The molecule has 1 amide bonds. The van der Waals surface area contributed by atoms with Gasteiger partial charge in [-0.05, 0) is 37.1 Å². The summed E-state index contributed by atoms with van der Waals surface area (Å²) in [7, 11) is 0. The summed E-state index contributed by atoms with van der Waals surface area (Å²) in [4.78, 5) is 13.7. The predicted octanol–water partition coefficient (Wildman–Crippen LogP) is 2.20. The van der Waals surface area contributed by atoms with Gasteiger partial charge in [-0.1, -0.05) is 0 Å². The normalized spacial score (nSPS) is 10.6. The number of fused-ring (bicyclic) bond motifs is 1. The molecule has 0 spiro atoms. The van der Waals surface area contributed by atoms with E-state index in [1.807, 2.05) is 30.5 Å². The fraction of sp³-hybridized carbons (Fsp3) is 0.308. The largest absolute Gasteiger partial charge is 0.494 e. The molecule has 0 bridgehead atoms. The summed E-state index contributed by atoms with van der Waals surface area (Å²) in [5.41, 5.74) is 6.16. The van der Waals surface area contributed by atoms with E-state index in [-0.39, 0.29) is 5.91 Å². The van der Waals surface area contributed by atoms with Gasteiger partial charge in [0.15, 0.2) is 0 Å². The molecule has 0 unspecified atom stereocenters. The van der Waals surface area contributed by atoms with E-state index in [0.717, 1.165) is 29.5 Å². The second-order valence-electron chi connectivity index (χ2n) is 4.00. The fourth-order valence-corrected chi connectivity index (χ4v) is 1.71. The minimum atomic E-state index is -0.251. The van der Waals surface area contributed by atoms with E-state index in [2.05, 4.69) is 4.98 Å². The van der Waals surface area contributed by atoms with E-state index in [4.69, 9.17) is 10.5 Å². The molecule has 0 atom stereocenters. The van der Waals surface area contributed by atoms with Gasteiger partial charge in [0.2, 0.25) is 5.91 Å². The van der Waals surface area contributed by atoms with E-state index in [1.54, 1.807) is 0 Å². The Hall–Kier alpha value is -1.97. The van der Waals surface area contributed by atoms with Gasteiger partial charge in [-0.3, -0.25) is 4.79 Å². The van der Waals surface area contributed by atoms with Gasteiger partial charge in [0.05, 0.1) is 6.61 Å². The van der Waals surface area contributed by atoms with Crippen LogP contribution in [0.5, 0.6) is 5.75 Å². The first-order valence-corrected chi connectivity index (χ1v) is 5.74. The number of carbonyl (C=O) groups excluding carboxylic acids is 1. The smallest absolute Gasteiger partial charge is 0.217 e. The Kier molecular flexibility index (Phi) is 3.65. The number of primary amides is 1. The number of hydrogen-bond acceptors (Lipinski definition) is 2. The average Bonchev–Trinajstić information content (AvgIpc) is 2.75. The molecular weight excluding hydrogens is 216 g/mol. The summed E-state index contributed by atoms with van der Waals surface area (Å²) in [5, 5.41) is 1.14. The van der Waals surface area contributed by atoms with Gasteiger partial charge in [-0.2, -0.15) is 0 Å². The SMILES string of the molecule is NC(=O)CCCCOc1ccc2[nH]ccc2c1. The van der Waals surface area contributed by atoms with Gasteiger partial charge in [0.1, 0.15) is 5.75 Å². The number of hydrogen-bond donors (Lipinski definition) is 2. The molecular formula is C13H16N2O2. The predicted molar refractivity (Wildman–Crippen MR) is 66.8 cm³/mol. The third-order valence-electron chi connectivity index (χ3n) is 2.61. The number of carbonyl (C=O) groups is 1. The van der Waals surface area contributed by atoms with Crippen molar-refractivity contribution in [3.05, 3.63) is 30.5 Å². The summed E-state index contributed by atoms with van der Waals surface area (Å²) in [6.07, 6.45) is 3.96. The van der Waals surface area contributed by atoms with E-state index >= 15 is 0 Å². The number of nitrogens with two attached hydrogens (primary N) is 1. The van der Waals surface area contributed by atoms with Crippen LogP contribution in [-0.2, 0) is 4.79 Å². The highest BCUT2D eigenvalue weighted by Crippen LogP contribution is 2.19. The third-order valence-corrected chi connectivity index (χ3v) is 2.61. The lowest BCUT2D eigenvalue weighted by atomic mass is 10.2. The average molecular weight is 232 g/mol. The highest BCUT2D eigenvalue weighted by Gasteiger charge is 1.99. The van der Waals surface area contributed by atoms with Crippen LogP contribution in [0.25, 0.3) is 10.9 Å². The molecule has 2 rings (SSSR count). The molecule has 1 aromatic heterocycles. The molecule has 1 heterocycles. The highest BCUT2D eigenvalue weighted by molar-refractivity contribution is 5.80. The van der Waals surface area contributed by atoms with E-state index in [1.165, 1.54) is 0 Å². The number of amides is 1. The van der Waals surface area contributed by atoms with Crippen molar-refractivity contribution >= 4 is 16.8 Å². The Morgan fingerprint density at radius 2 is 2.18 bits per heavy atom. The van der Waals surface area contributed by atoms with Gasteiger partial charge in [-0.25, -0.2) is 0 Å². The molecule has 0 aliphatic heterocycles. The first kappa shape index (κ1) is 11.5. The second-order valence-corrected chi connectivity index (χ2v) is 4.00. The van der Waals surface area contributed by atoms with Crippen LogP contribution in [0.2, 0.25) is 0 Å². The van der Waals surface area contributed by atoms with Crippen molar-refractivity contribution in [1.29, 1.82) is 0 Å². The summed E-state index contributed by atoms with van der Waals surface area (Å²) in [5.74, 6) is 0.606. The maximum atomic E-state index is 10.5. The number of aromatic amines is 1. The molecule has 4 nitrogen and oxygen atoms in total. The third kappa shape index (κ3) is 3.24. The Labute approximate surface area is 99.8 Å². The lowest BCUT2D eigenvalue weighted by Crippen LogP contribution is -2.10. The minimum absolute atomic E-state index is 0.251. The van der Waals surface area contributed by atoms with E-state index in [0.29, 0.717) is 13.0 Å². The first-order chi connectivity index (χ1) is 8.25. The van der Waals surface area contributed by atoms with Crippen LogP contribution >= 0.6 is 0 Å². The van der Waals surface area contributed by atoms with E-state index < -0.39 is 0 Å². The van der Waals surface area contributed by atoms with E-state index in [9.17, 15) is 4.79 Å². The van der Waals surface area contributed by atoms with Crippen LogP contribution in [0.3, 0.4) is 0 Å². The number of benzene rings is 1. The van der Waals surface area contributed by atoms with Crippen LogP contribution in [0.1, 0.15) is 19.3 Å². The molecule has 0 radical (unpaired) electrons. The van der Waals surface area contributed by atoms with Gasteiger partial charge in [-0.15, -0.1) is 0 Å². The zero-order valence-corrected chi connectivity index (χ0v) is 9.61. The number of H-pyrrole nitrogens is 1. The number of rotatable bonds is 6. The topological polar surface area (TPSA) is 68.1 Å². The van der Waals surface area contributed by atoms with Gasteiger partial charge in [0, 0.05) is 23.5 Å². The Morgan fingerprint density at radius 3 is 3.00 bits per heavy atom. The monoisotopic (exact) mass is 232 g/mol. The number of aromatic nitrogens is 1. The molecule has 17 heavy (non-hydrogen) atoms. The second kappa shape index (κ2) is 5.39. The van der Waals surface area contributed by atoms with Crippen LogP contribution in [-0.4, -0.2) is 17.5 Å². The molecule has 0 aliphatic rings. The van der Waals surface area contributed by atoms with Crippen LogP contribution < -0.4 is 10.5 Å². The summed E-state index contributed by atoms with van der Waals surface area (Å²) < 4.78 is 5.60. The summed E-state index contributed by atoms with van der Waals surface area (Å²) in [6, 6.07) is 7.94. The van der Waals surface area contributed by atoms with Crippen LogP contribution in [0.15, 0.2) is 30.5 Å². The van der Waals surface area contributed by atoms with Crippen molar-refractivity contribution in [3.8, 4) is 5.75 Å². The van der Waals surface area contributed by atoms with Crippen molar-refractivity contribution < 1.29 is 9.53 Å². The Morgan fingerprint density at radius 1 is 1.29 bits per heavy atom. The quantitative estimate of drug-likeness (QED) is 0.750. The molecule has 90 valence electrons. The molecule has 1 aromatic carbocycles. The minimum Gasteiger partial charge on any atom is -0.494 e. The Balaban J connectivity index is 1.80. The first-order valence-electron chi connectivity index (χ1n) is 5.74. The van der Waals surface area contributed by atoms with Crippen molar-refractivity contribution in [2.75, 3.05) is 6.61 Å². The molecule has 0 aliphatic carbocycles. The molecule has 0 saturated carbocycles. The lowest BCUT2D eigenvalue weighted by Gasteiger charge is -2.05. The van der Waals surface area contributed by atoms with Crippen molar-refractivity contribution in [2.45, 2.75) is 19.3 Å². The molecule has 3 N–H and O–H groups in total. The summed E-state index contributed by atoms with van der Waals surface area (Å²) >= 11 is 0. The maximum Gasteiger partial charge on any atom is 0.217 e. The van der Waals surface area contributed by atoms with Crippen molar-refractivity contribution in [1.82, 2.24) is 4.98 Å². The van der Waals surface area contributed by atoms with Crippen LogP contribution in [0.4, 0.5) is 0 Å². The number of nitrogens with one attached hydrogen (secondary N) is 1. The summed E-state index contributed by atoms with van der Waals surface area (Å²) in [6.45, 7) is 0.614. The zero-order valence-electron chi connectivity index (χ0n) is 9.61.